The maximum atomic E-state index is 12.6. The number of ether oxygens (including phenoxy) is 1. The van der Waals surface area contributed by atoms with E-state index < -0.39 is 24.0 Å². The summed E-state index contributed by atoms with van der Waals surface area (Å²) in [6, 6.07) is 7.90. The van der Waals surface area contributed by atoms with Crippen LogP contribution < -0.4 is 10.6 Å². The smallest absolute Gasteiger partial charge is 0.328 e. The predicted molar refractivity (Wildman–Crippen MR) is 91.2 cm³/mol. The molecule has 0 aliphatic rings. The first-order valence-electron chi connectivity index (χ1n) is 8.08. The fourth-order valence-electron chi connectivity index (χ4n) is 2.35. The van der Waals surface area contributed by atoms with Crippen LogP contribution in [0.15, 0.2) is 30.3 Å². The van der Waals surface area contributed by atoms with Crippen LogP contribution in [-0.2, 0) is 25.5 Å². The van der Waals surface area contributed by atoms with Crippen molar-refractivity contribution >= 4 is 17.8 Å². The molecular weight excluding hydrogens is 308 g/mol. The van der Waals surface area contributed by atoms with Crippen LogP contribution in [0.25, 0.3) is 0 Å². The molecule has 2 amide bonds. The van der Waals surface area contributed by atoms with Crippen molar-refractivity contribution in [3.05, 3.63) is 35.9 Å². The van der Waals surface area contributed by atoms with Crippen molar-refractivity contribution in [3.63, 3.8) is 0 Å². The zero-order valence-corrected chi connectivity index (χ0v) is 14.7. The van der Waals surface area contributed by atoms with Gasteiger partial charge in [-0.05, 0) is 11.5 Å². The van der Waals surface area contributed by atoms with E-state index in [1.54, 1.807) is 0 Å². The number of nitrogens with one attached hydrogen (secondary N) is 2. The van der Waals surface area contributed by atoms with Crippen LogP contribution in [0.2, 0.25) is 0 Å². The summed E-state index contributed by atoms with van der Waals surface area (Å²) in [5, 5.41) is 5.36. The Morgan fingerprint density at radius 2 is 1.75 bits per heavy atom. The molecule has 6 heteroatoms. The van der Waals surface area contributed by atoms with E-state index in [0.29, 0.717) is 12.8 Å². The molecule has 0 fully saturated rings. The van der Waals surface area contributed by atoms with Gasteiger partial charge in [-0.1, -0.05) is 50.6 Å². The van der Waals surface area contributed by atoms with Gasteiger partial charge in [-0.25, -0.2) is 4.79 Å². The van der Waals surface area contributed by atoms with E-state index in [9.17, 15) is 14.4 Å². The van der Waals surface area contributed by atoms with E-state index in [1.165, 1.54) is 14.0 Å². The molecule has 24 heavy (non-hydrogen) atoms. The van der Waals surface area contributed by atoms with Crippen LogP contribution in [0.3, 0.4) is 0 Å². The molecule has 3 atom stereocenters. The second-order valence-electron chi connectivity index (χ2n) is 5.84. The predicted octanol–water partition coefficient (Wildman–Crippen LogP) is 1.44. The van der Waals surface area contributed by atoms with Gasteiger partial charge < -0.3 is 15.4 Å². The Labute approximate surface area is 143 Å². The van der Waals surface area contributed by atoms with E-state index in [2.05, 4.69) is 10.6 Å². The number of carbonyl (C=O) groups excluding carboxylic acids is 3. The van der Waals surface area contributed by atoms with E-state index in [-0.39, 0.29) is 11.8 Å². The summed E-state index contributed by atoms with van der Waals surface area (Å²) in [7, 11) is 1.29. The summed E-state index contributed by atoms with van der Waals surface area (Å²) in [6.07, 6.45) is 1.06. The summed E-state index contributed by atoms with van der Waals surface area (Å²) in [4.78, 5) is 36.0. The van der Waals surface area contributed by atoms with Gasteiger partial charge in [-0.3, -0.25) is 9.59 Å². The molecule has 0 spiro atoms. The monoisotopic (exact) mass is 334 g/mol. The Balaban J connectivity index is 2.89. The van der Waals surface area contributed by atoms with Crippen molar-refractivity contribution in [1.82, 2.24) is 10.6 Å². The second-order valence-corrected chi connectivity index (χ2v) is 5.84. The molecule has 0 aromatic heterocycles. The highest BCUT2D eigenvalue weighted by Gasteiger charge is 2.30. The first-order chi connectivity index (χ1) is 11.4. The Hall–Kier alpha value is -2.37. The fraction of sp³-hybridized carbons (Fsp3) is 0.500. The van der Waals surface area contributed by atoms with Gasteiger partial charge in [0.15, 0.2) is 0 Å². The summed E-state index contributed by atoms with van der Waals surface area (Å²) in [6.45, 7) is 5.16. The molecule has 132 valence electrons. The molecule has 0 bridgehead atoms. The zero-order chi connectivity index (χ0) is 18.1. The number of hydrogen-bond acceptors (Lipinski definition) is 4. The largest absolute Gasteiger partial charge is 0.467 e. The van der Waals surface area contributed by atoms with Crippen LogP contribution in [0.5, 0.6) is 0 Å². The maximum absolute atomic E-state index is 12.6. The molecule has 0 saturated heterocycles. The van der Waals surface area contributed by atoms with Crippen LogP contribution in [0.4, 0.5) is 0 Å². The number of benzene rings is 1. The van der Waals surface area contributed by atoms with Crippen molar-refractivity contribution in [2.24, 2.45) is 5.92 Å². The Morgan fingerprint density at radius 1 is 1.12 bits per heavy atom. The lowest BCUT2D eigenvalue weighted by molar-refractivity contribution is -0.146. The molecule has 0 radical (unpaired) electrons. The van der Waals surface area contributed by atoms with Gasteiger partial charge in [0.1, 0.15) is 12.1 Å². The van der Waals surface area contributed by atoms with Gasteiger partial charge in [0.25, 0.3) is 0 Å². The lowest BCUT2D eigenvalue weighted by atomic mass is 9.98. The molecule has 1 rings (SSSR count). The Morgan fingerprint density at radius 3 is 2.25 bits per heavy atom. The van der Waals surface area contributed by atoms with Crippen molar-refractivity contribution in [3.8, 4) is 0 Å². The number of hydrogen-bond donors (Lipinski definition) is 2. The van der Waals surface area contributed by atoms with Gasteiger partial charge in [0.2, 0.25) is 11.8 Å². The average molecular weight is 334 g/mol. The number of methoxy groups -OCH3 is 1. The van der Waals surface area contributed by atoms with Gasteiger partial charge in [-0.2, -0.15) is 0 Å². The summed E-state index contributed by atoms with van der Waals surface area (Å²) < 4.78 is 4.77. The van der Waals surface area contributed by atoms with Crippen LogP contribution in [-0.4, -0.2) is 37.0 Å². The molecule has 0 unspecified atom stereocenters. The van der Waals surface area contributed by atoms with Crippen molar-refractivity contribution in [2.45, 2.75) is 45.7 Å². The minimum Gasteiger partial charge on any atom is -0.467 e. The molecule has 6 nitrogen and oxygen atoms in total. The van der Waals surface area contributed by atoms with E-state index >= 15 is 0 Å². The minimum atomic E-state index is -0.749. The summed E-state index contributed by atoms with van der Waals surface area (Å²) in [5.74, 6) is -1.26. The van der Waals surface area contributed by atoms with E-state index in [1.807, 2.05) is 44.2 Å². The van der Waals surface area contributed by atoms with Gasteiger partial charge in [0.05, 0.1) is 7.11 Å². The van der Waals surface area contributed by atoms with Gasteiger partial charge in [-0.15, -0.1) is 0 Å². The zero-order valence-electron chi connectivity index (χ0n) is 14.7. The standard InChI is InChI=1S/C18H26N2O4/c1-5-12(2)16(18(23)24-4)20-17(22)15(19-13(3)21)11-14-9-7-6-8-10-14/h6-10,12,15-16H,5,11H2,1-4H3,(H,19,21)(H,20,22)/t12-,15-,16+/m1/s1. The molecule has 2 N–H and O–H groups in total. The first-order valence-corrected chi connectivity index (χ1v) is 8.08. The highest BCUT2D eigenvalue weighted by atomic mass is 16.5. The number of esters is 1. The third-order valence-electron chi connectivity index (χ3n) is 3.94. The Kier molecular flexibility index (Phi) is 7.95. The van der Waals surface area contributed by atoms with Crippen LogP contribution in [0.1, 0.15) is 32.8 Å². The van der Waals surface area contributed by atoms with Gasteiger partial charge >= 0.3 is 5.97 Å². The van der Waals surface area contributed by atoms with E-state index in [4.69, 9.17) is 4.74 Å². The summed E-state index contributed by atoms with van der Waals surface area (Å²) in [5.41, 5.74) is 0.921. The molecule has 0 saturated carbocycles. The fourth-order valence-corrected chi connectivity index (χ4v) is 2.35. The number of carbonyl (C=O) groups is 3. The lowest BCUT2D eigenvalue weighted by Gasteiger charge is -2.25. The van der Waals surface area contributed by atoms with Crippen molar-refractivity contribution < 1.29 is 19.1 Å². The highest BCUT2D eigenvalue weighted by molar-refractivity contribution is 5.90. The topological polar surface area (TPSA) is 84.5 Å². The first kappa shape index (κ1) is 19.7. The molecule has 0 aliphatic heterocycles. The third kappa shape index (κ3) is 6.02. The Bertz CT molecular complexity index is 559. The molecular formula is C18H26N2O4. The molecule has 1 aromatic rings. The SMILES string of the molecule is CC[C@@H](C)[C@H](NC(=O)[C@@H](Cc1ccccc1)NC(C)=O)C(=O)OC. The van der Waals surface area contributed by atoms with Crippen molar-refractivity contribution in [1.29, 1.82) is 0 Å². The third-order valence-corrected chi connectivity index (χ3v) is 3.94. The highest BCUT2D eigenvalue weighted by Crippen LogP contribution is 2.10. The quantitative estimate of drug-likeness (QED) is 0.705. The van der Waals surface area contributed by atoms with Crippen LogP contribution >= 0.6 is 0 Å². The van der Waals surface area contributed by atoms with Crippen LogP contribution in [0, 0.1) is 5.92 Å². The van der Waals surface area contributed by atoms with Gasteiger partial charge in [0, 0.05) is 13.3 Å². The number of amides is 2. The summed E-state index contributed by atoms with van der Waals surface area (Å²) >= 11 is 0. The number of rotatable bonds is 8. The minimum absolute atomic E-state index is 0.0731. The second kappa shape index (κ2) is 9.70. The molecule has 1 aromatic carbocycles. The van der Waals surface area contributed by atoms with E-state index in [0.717, 1.165) is 5.56 Å². The maximum Gasteiger partial charge on any atom is 0.328 e. The lowest BCUT2D eigenvalue weighted by Crippen LogP contribution is -2.54. The normalized spacial score (nSPS) is 14.2. The molecule has 0 heterocycles. The van der Waals surface area contributed by atoms with Crippen molar-refractivity contribution in [2.75, 3.05) is 7.11 Å². The molecule has 0 aliphatic carbocycles. The average Bonchev–Trinajstić information content (AvgIpc) is 2.58.